The largest absolute Gasteiger partial charge is 0.150 e. The monoisotopic (exact) mass is 152 g/mol. The molecule has 0 saturated carbocycles. The number of hydrogen-bond acceptors (Lipinski definition) is 1. The number of rotatable bonds is 3. The van der Waals surface area contributed by atoms with Gasteiger partial charge in [-0.15, -0.1) is 18.3 Å². The Labute approximate surface area is 66.7 Å². The molecule has 0 saturated heterocycles. The topological polar surface area (TPSA) is 0 Å². The summed E-state index contributed by atoms with van der Waals surface area (Å²) in [5.74, 6) is 1.06. The van der Waals surface area contributed by atoms with Crippen molar-refractivity contribution in [1.82, 2.24) is 0 Å². The quantitative estimate of drug-likeness (QED) is 0.560. The summed E-state index contributed by atoms with van der Waals surface area (Å²) < 4.78 is 0. The molecule has 0 radical (unpaired) electrons. The van der Waals surface area contributed by atoms with Gasteiger partial charge in [0, 0.05) is 11.0 Å². The lowest BCUT2D eigenvalue weighted by Crippen LogP contribution is -1.98. The molecule has 0 bridgehead atoms. The molecule has 0 aromatic carbocycles. The molecular formula is C9H12S. The van der Waals surface area contributed by atoms with Crippen LogP contribution in [0, 0.1) is 0 Å². The molecule has 0 heterocycles. The average molecular weight is 152 g/mol. The highest BCUT2D eigenvalue weighted by Gasteiger charge is 2.02. The third kappa shape index (κ3) is 2.44. The Morgan fingerprint density at radius 3 is 3.10 bits per heavy atom. The predicted molar refractivity (Wildman–Crippen MR) is 49.3 cm³/mol. The lowest BCUT2D eigenvalue weighted by atomic mass is 10.2. The number of allylic oxidation sites excluding steroid dienone is 3. The summed E-state index contributed by atoms with van der Waals surface area (Å²) in [6.07, 6.45) is 11.8. The van der Waals surface area contributed by atoms with Crippen molar-refractivity contribution in [2.24, 2.45) is 0 Å². The molecule has 0 spiro atoms. The number of hydrogen-bond donors (Lipinski definition) is 0. The van der Waals surface area contributed by atoms with Crippen molar-refractivity contribution < 1.29 is 0 Å². The molecule has 54 valence electrons. The summed E-state index contributed by atoms with van der Waals surface area (Å²) >= 11 is 1.94. The van der Waals surface area contributed by atoms with Crippen molar-refractivity contribution in [1.29, 1.82) is 0 Å². The smallest absolute Gasteiger partial charge is 0.0267 e. The van der Waals surface area contributed by atoms with Crippen LogP contribution in [0.1, 0.15) is 6.42 Å². The Hall–Kier alpha value is -0.430. The van der Waals surface area contributed by atoms with E-state index in [1.165, 1.54) is 6.42 Å². The fourth-order valence-corrected chi connectivity index (χ4v) is 1.71. The van der Waals surface area contributed by atoms with Gasteiger partial charge < -0.3 is 0 Å². The summed E-state index contributed by atoms with van der Waals surface area (Å²) in [5.41, 5.74) is 0. The van der Waals surface area contributed by atoms with Crippen molar-refractivity contribution in [2.75, 3.05) is 5.75 Å². The van der Waals surface area contributed by atoms with Crippen LogP contribution >= 0.6 is 11.8 Å². The van der Waals surface area contributed by atoms with Gasteiger partial charge in [0.2, 0.25) is 0 Å². The highest BCUT2D eigenvalue weighted by atomic mass is 32.2. The minimum absolute atomic E-state index is 0.683. The van der Waals surface area contributed by atoms with Gasteiger partial charge in [-0.3, -0.25) is 0 Å². The Morgan fingerprint density at radius 1 is 1.60 bits per heavy atom. The van der Waals surface area contributed by atoms with Crippen molar-refractivity contribution >= 4 is 11.8 Å². The molecule has 0 aromatic rings. The van der Waals surface area contributed by atoms with Crippen LogP contribution < -0.4 is 0 Å². The minimum Gasteiger partial charge on any atom is -0.150 e. The van der Waals surface area contributed by atoms with Crippen molar-refractivity contribution in [3.05, 3.63) is 37.0 Å². The molecule has 0 nitrogen and oxygen atoms in total. The van der Waals surface area contributed by atoms with Crippen LogP contribution in [0.25, 0.3) is 0 Å². The van der Waals surface area contributed by atoms with Gasteiger partial charge in [-0.2, -0.15) is 0 Å². The van der Waals surface area contributed by atoms with Crippen molar-refractivity contribution in [2.45, 2.75) is 11.7 Å². The Bertz CT molecular complexity index is 156. The molecule has 0 aromatic heterocycles. The van der Waals surface area contributed by atoms with E-state index in [9.17, 15) is 0 Å². The first-order valence-electron chi connectivity index (χ1n) is 3.49. The van der Waals surface area contributed by atoms with Crippen LogP contribution in [-0.4, -0.2) is 11.0 Å². The lowest BCUT2D eigenvalue weighted by Gasteiger charge is -2.09. The van der Waals surface area contributed by atoms with E-state index in [0.717, 1.165) is 5.75 Å². The first-order valence-corrected chi connectivity index (χ1v) is 4.54. The van der Waals surface area contributed by atoms with Crippen LogP contribution in [0.3, 0.4) is 0 Å². The van der Waals surface area contributed by atoms with Gasteiger partial charge in [-0.05, 0) is 6.42 Å². The molecule has 1 heteroatoms. The van der Waals surface area contributed by atoms with E-state index in [2.05, 4.69) is 30.9 Å². The third-order valence-corrected chi connectivity index (χ3v) is 2.58. The molecule has 1 rings (SSSR count). The molecule has 0 N–H and O–H groups in total. The van der Waals surface area contributed by atoms with Crippen molar-refractivity contribution in [3.63, 3.8) is 0 Å². The standard InChI is InChI=1S/C9H12S/c1-2-8-10-9-6-4-3-5-7-9/h2-6,9H,1,7-8H2. The maximum absolute atomic E-state index is 3.68. The zero-order valence-corrected chi connectivity index (χ0v) is 6.81. The van der Waals surface area contributed by atoms with E-state index in [4.69, 9.17) is 0 Å². The highest BCUT2D eigenvalue weighted by Crippen LogP contribution is 2.19. The molecule has 1 atom stereocenters. The van der Waals surface area contributed by atoms with Gasteiger partial charge in [0.25, 0.3) is 0 Å². The van der Waals surface area contributed by atoms with E-state index in [1.807, 2.05) is 17.8 Å². The first-order chi connectivity index (χ1) is 4.93. The second kappa shape index (κ2) is 4.40. The molecule has 0 aliphatic heterocycles. The van der Waals surface area contributed by atoms with Gasteiger partial charge in [-0.25, -0.2) is 0 Å². The van der Waals surface area contributed by atoms with E-state index >= 15 is 0 Å². The number of thioether (sulfide) groups is 1. The van der Waals surface area contributed by atoms with Gasteiger partial charge in [0.1, 0.15) is 0 Å². The second-order valence-electron chi connectivity index (χ2n) is 2.21. The molecule has 0 amide bonds. The van der Waals surface area contributed by atoms with Crippen LogP contribution in [0.4, 0.5) is 0 Å². The van der Waals surface area contributed by atoms with E-state index in [-0.39, 0.29) is 0 Å². The summed E-state index contributed by atoms with van der Waals surface area (Å²) in [6, 6.07) is 0. The molecule has 0 fully saturated rings. The molecule has 10 heavy (non-hydrogen) atoms. The Balaban J connectivity index is 2.23. The SMILES string of the molecule is C=CCSC1C=CC=CC1. The highest BCUT2D eigenvalue weighted by molar-refractivity contribution is 8.00. The van der Waals surface area contributed by atoms with Crippen LogP contribution in [0.15, 0.2) is 37.0 Å². The maximum atomic E-state index is 3.68. The maximum Gasteiger partial charge on any atom is 0.0267 e. The summed E-state index contributed by atoms with van der Waals surface area (Å²) in [7, 11) is 0. The fourth-order valence-electron chi connectivity index (χ4n) is 0.873. The molecule has 1 unspecified atom stereocenters. The zero-order valence-electron chi connectivity index (χ0n) is 5.99. The van der Waals surface area contributed by atoms with Gasteiger partial charge in [-0.1, -0.05) is 30.4 Å². The first kappa shape index (κ1) is 7.67. The van der Waals surface area contributed by atoms with E-state index < -0.39 is 0 Å². The summed E-state index contributed by atoms with van der Waals surface area (Å²) in [6.45, 7) is 3.68. The van der Waals surface area contributed by atoms with Gasteiger partial charge >= 0.3 is 0 Å². The van der Waals surface area contributed by atoms with Crippen LogP contribution in [0.5, 0.6) is 0 Å². The summed E-state index contributed by atoms with van der Waals surface area (Å²) in [4.78, 5) is 0. The molecule has 1 aliphatic carbocycles. The van der Waals surface area contributed by atoms with Crippen molar-refractivity contribution in [3.8, 4) is 0 Å². The van der Waals surface area contributed by atoms with E-state index in [1.54, 1.807) is 0 Å². The molecule has 1 aliphatic rings. The fraction of sp³-hybridized carbons (Fsp3) is 0.333. The second-order valence-corrected chi connectivity index (χ2v) is 3.48. The predicted octanol–water partition coefficient (Wildman–Crippen LogP) is 2.79. The van der Waals surface area contributed by atoms with Gasteiger partial charge in [0.05, 0.1) is 0 Å². The van der Waals surface area contributed by atoms with E-state index in [0.29, 0.717) is 5.25 Å². The van der Waals surface area contributed by atoms with Gasteiger partial charge in [0.15, 0.2) is 0 Å². The third-order valence-electron chi connectivity index (χ3n) is 1.37. The Kier molecular flexibility index (Phi) is 3.37. The molecular weight excluding hydrogens is 140 g/mol. The normalized spacial score (nSPS) is 23.0. The summed E-state index contributed by atoms with van der Waals surface area (Å²) in [5, 5.41) is 0.683. The Morgan fingerprint density at radius 2 is 2.50 bits per heavy atom. The van der Waals surface area contributed by atoms with Crippen LogP contribution in [0.2, 0.25) is 0 Å². The average Bonchev–Trinajstić information content (AvgIpc) is 2.03. The lowest BCUT2D eigenvalue weighted by molar-refractivity contribution is 1.06. The van der Waals surface area contributed by atoms with Crippen LogP contribution in [-0.2, 0) is 0 Å². The zero-order chi connectivity index (χ0) is 7.23. The minimum atomic E-state index is 0.683.